The fraction of sp³-hybridized carbons (Fsp3) is 0.261. The Morgan fingerprint density at radius 1 is 1.17 bits per heavy atom. The van der Waals surface area contributed by atoms with E-state index in [-0.39, 0.29) is 18.5 Å². The predicted octanol–water partition coefficient (Wildman–Crippen LogP) is 5.00. The van der Waals surface area contributed by atoms with Crippen molar-refractivity contribution in [3.8, 4) is 11.5 Å². The van der Waals surface area contributed by atoms with E-state index in [1.807, 2.05) is 18.2 Å². The molecule has 1 aliphatic rings. The van der Waals surface area contributed by atoms with Crippen LogP contribution in [0.25, 0.3) is 0 Å². The second-order valence-electron chi connectivity index (χ2n) is 7.07. The topological polar surface area (TPSA) is 50.8 Å². The minimum absolute atomic E-state index is 0.0632. The molecule has 1 atom stereocenters. The van der Waals surface area contributed by atoms with E-state index < -0.39 is 0 Å². The zero-order valence-electron chi connectivity index (χ0n) is 16.9. The van der Waals surface area contributed by atoms with Gasteiger partial charge in [-0.2, -0.15) is 0 Å². The molecular formula is C23H23ClN2O3S. The van der Waals surface area contributed by atoms with Crippen LogP contribution in [-0.2, 0) is 11.2 Å². The van der Waals surface area contributed by atoms with Gasteiger partial charge in [-0.05, 0) is 35.1 Å². The summed E-state index contributed by atoms with van der Waals surface area (Å²) in [5.74, 6) is 0.883. The summed E-state index contributed by atoms with van der Waals surface area (Å²) in [4.78, 5) is 16.6. The van der Waals surface area contributed by atoms with E-state index in [4.69, 9.17) is 21.1 Å². The summed E-state index contributed by atoms with van der Waals surface area (Å²) >= 11 is 8.03. The number of amides is 1. The lowest BCUT2D eigenvalue weighted by atomic mass is 9.93. The van der Waals surface area contributed by atoms with E-state index >= 15 is 0 Å². The number of nitrogens with one attached hydrogen (secondary N) is 1. The van der Waals surface area contributed by atoms with Gasteiger partial charge in [0.15, 0.2) is 0 Å². The van der Waals surface area contributed by atoms with Crippen LogP contribution in [-0.4, -0.2) is 38.1 Å². The van der Waals surface area contributed by atoms with Gasteiger partial charge in [-0.25, -0.2) is 0 Å². The lowest BCUT2D eigenvalue weighted by molar-refractivity contribution is -0.117. The average Bonchev–Trinajstić information content (AvgIpc) is 3.23. The number of hydrogen-bond acceptors (Lipinski definition) is 5. The number of thiophene rings is 1. The van der Waals surface area contributed by atoms with Crippen molar-refractivity contribution >= 4 is 34.5 Å². The Hall–Kier alpha value is -2.54. The van der Waals surface area contributed by atoms with E-state index in [0.29, 0.717) is 22.2 Å². The molecule has 30 heavy (non-hydrogen) atoms. The first kappa shape index (κ1) is 20.7. The predicted molar refractivity (Wildman–Crippen MR) is 121 cm³/mol. The molecule has 3 aromatic rings. The van der Waals surface area contributed by atoms with Crippen LogP contribution in [0.15, 0.2) is 53.9 Å². The number of fused-ring (bicyclic) bond motifs is 1. The summed E-state index contributed by atoms with van der Waals surface area (Å²) in [5, 5.41) is 5.49. The quantitative estimate of drug-likeness (QED) is 0.583. The summed E-state index contributed by atoms with van der Waals surface area (Å²) in [6, 6.07) is 15.9. The number of benzene rings is 2. The fourth-order valence-electron chi connectivity index (χ4n) is 3.90. The Balaban J connectivity index is 1.56. The highest BCUT2D eigenvalue weighted by Gasteiger charge is 2.30. The molecule has 0 aliphatic carbocycles. The molecule has 2 heterocycles. The van der Waals surface area contributed by atoms with Gasteiger partial charge >= 0.3 is 0 Å². The van der Waals surface area contributed by atoms with Crippen LogP contribution in [0.5, 0.6) is 11.5 Å². The number of carbonyl (C=O) groups is 1. The normalized spacial score (nSPS) is 16.0. The summed E-state index contributed by atoms with van der Waals surface area (Å²) in [6.07, 6.45) is 0.946. The number of carbonyl (C=O) groups excluding carboxylic acids is 1. The molecule has 4 rings (SSSR count). The summed E-state index contributed by atoms with van der Waals surface area (Å²) in [6.45, 7) is 1.09. The maximum Gasteiger partial charge on any atom is 0.238 e. The van der Waals surface area contributed by atoms with E-state index in [0.717, 1.165) is 13.0 Å². The SMILES string of the molecule is COc1cc(OC)c(NC(=O)CN2CCc3sccc3[C@H]2c2ccccc2)cc1Cl. The smallest absolute Gasteiger partial charge is 0.238 e. The molecule has 2 aromatic carbocycles. The zero-order chi connectivity index (χ0) is 21.1. The maximum atomic E-state index is 13.0. The summed E-state index contributed by atoms with van der Waals surface area (Å²) in [5.41, 5.74) is 3.00. The molecule has 0 fully saturated rings. The Bertz CT molecular complexity index is 1040. The number of rotatable bonds is 6. The number of ether oxygens (including phenoxy) is 2. The molecule has 1 N–H and O–H groups in total. The molecule has 1 aliphatic heterocycles. The highest BCUT2D eigenvalue weighted by molar-refractivity contribution is 7.10. The second kappa shape index (κ2) is 9.08. The third-order valence-electron chi connectivity index (χ3n) is 5.28. The fourth-order valence-corrected chi connectivity index (χ4v) is 5.04. The van der Waals surface area contributed by atoms with E-state index in [1.165, 1.54) is 23.1 Å². The van der Waals surface area contributed by atoms with Gasteiger partial charge in [-0.15, -0.1) is 11.3 Å². The minimum Gasteiger partial charge on any atom is -0.495 e. The van der Waals surface area contributed by atoms with Gasteiger partial charge in [-0.3, -0.25) is 9.69 Å². The van der Waals surface area contributed by atoms with Crippen molar-refractivity contribution in [2.75, 3.05) is 32.6 Å². The van der Waals surface area contributed by atoms with Crippen molar-refractivity contribution in [1.29, 1.82) is 0 Å². The molecule has 0 bridgehead atoms. The number of halogens is 1. The van der Waals surface area contributed by atoms with Gasteiger partial charge in [0.2, 0.25) is 5.91 Å². The second-order valence-corrected chi connectivity index (χ2v) is 8.48. The van der Waals surface area contributed by atoms with E-state index in [2.05, 4.69) is 33.8 Å². The first-order valence-electron chi connectivity index (χ1n) is 9.67. The summed E-state index contributed by atoms with van der Waals surface area (Å²) < 4.78 is 10.6. The lowest BCUT2D eigenvalue weighted by Crippen LogP contribution is -2.40. The van der Waals surface area contributed by atoms with Crippen LogP contribution in [0.1, 0.15) is 22.0 Å². The molecule has 0 radical (unpaired) electrons. The number of hydrogen-bond donors (Lipinski definition) is 1. The Labute approximate surface area is 185 Å². The van der Waals surface area contributed by atoms with Crippen molar-refractivity contribution in [2.24, 2.45) is 0 Å². The Morgan fingerprint density at radius 3 is 2.67 bits per heavy atom. The van der Waals surface area contributed by atoms with Crippen LogP contribution in [0.2, 0.25) is 5.02 Å². The van der Waals surface area contributed by atoms with Crippen molar-refractivity contribution < 1.29 is 14.3 Å². The molecule has 0 spiro atoms. The van der Waals surface area contributed by atoms with Crippen molar-refractivity contribution in [3.63, 3.8) is 0 Å². The van der Waals surface area contributed by atoms with Crippen LogP contribution in [0.3, 0.4) is 0 Å². The van der Waals surface area contributed by atoms with Crippen LogP contribution in [0, 0.1) is 0 Å². The van der Waals surface area contributed by atoms with E-state index in [1.54, 1.807) is 30.6 Å². The molecule has 1 aromatic heterocycles. The van der Waals surface area contributed by atoms with Crippen LogP contribution >= 0.6 is 22.9 Å². The Kier molecular flexibility index (Phi) is 6.27. The minimum atomic E-state index is -0.117. The van der Waals surface area contributed by atoms with Gasteiger partial charge < -0.3 is 14.8 Å². The molecule has 5 nitrogen and oxygen atoms in total. The molecule has 0 saturated heterocycles. The van der Waals surface area contributed by atoms with Crippen LogP contribution < -0.4 is 14.8 Å². The molecule has 1 amide bonds. The average molecular weight is 443 g/mol. The number of nitrogens with zero attached hydrogens (tertiary/aromatic N) is 1. The van der Waals surface area contributed by atoms with Gasteiger partial charge in [0.1, 0.15) is 11.5 Å². The third-order valence-corrected chi connectivity index (χ3v) is 6.57. The Morgan fingerprint density at radius 2 is 1.93 bits per heavy atom. The number of methoxy groups -OCH3 is 2. The van der Waals surface area contributed by atoms with Gasteiger partial charge in [0.25, 0.3) is 0 Å². The molecule has 0 saturated carbocycles. The van der Waals surface area contributed by atoms with E-state index in [9.17, 15) is 4.79 Å². The largest absolute Gasteiger partial charge is 0.495 e. The van der Waals surface area contributed by atoms with Crippen molar-refractivity contribution in [1.82, 2.24) is 4.90 Å². The number of anilines is 1. The lowest BCUT2D eigenvalue weighted by Gasteiger charge is -2.35. The third kappa shape index (κ3) is 4.17. The van der Waals surface area contributed by atoms with Gasteiger partial charge in [0, 0.05) is 17.5 Å². The van der Waals surface area contributed by atoms with Gasteiger partial charge in [-0.1, -0.05) is 41.9 Å². The summed E-state index contributed by atoms with van der Waals surface area (Å²) in [7, 11) is 3.09. The van der Waals surface area contributed by atoms with Crippen molar-refractivity contribution in [3.05, 3.63) is 74.9 Å². The molecule has 0 unspecified atom stereocenters. The molecule has 156 valence electrons. The maximum absolute atomic E-state index is 13.0. The molecule has 7 heteroatoms. The van der Waals surface area contributed by atoms with Gasteiger partial charge in [0.05, 0.1) is 37.5 Å². The first-order valence-corrected chi connectivity index (χ1v) is 10.9. The highest BCUT2D eigenvalue weighted by atomic mass is 35.5. The highest BCUT2D eigenvalue weighted by Crippen LogP contribution is 2.38. The van der Waals surface area contributed by atoms with Crippen LogP contribution in [0.4, 0.5) is 5.69 Å². The molecular weight excluding hydrogens is 420 g/mol. The standard InChI is InChI=1S/C23H23ClN2O3S/c1-28-19-13-20(29-2)18(12-17(19)24)25-22(27)14-26-10-8-21-16(9-11-30-21)23(26)15-6-4-3-5-7-15/h3-7,9,11-13,23H,8,10,14H2,1-2H3,(H,25,27)/t23-/m1/s1. The zero-order valence-corrected chi connectivity index (χ0v) is 18.4. The van der Waals surface area contributed by atoms with Crippen molar-refractivity contribution in [2.45, 2.75) is 12.5 Å². The monoisotopic (exact) mass is 442 g/mol. The first-order chi connectivity index (χ1) is 14.6.